The molecule has 1 heterocycles. The Hall–Kier alpha value is -1.88. The van der Waals surface area contributed by atoms with Crippen LogP contribution >= 0.6 is 0 Å². The van der Waals surface area contributed by atoms with Crippen molar-refractivity contribution in [3.63, 3.8) is 0 Å². The molecule has 7 atom stereocenters. The second kappa shape index (κ2) is 8.96. The summed E-state index contributed by atoms with van der Waals surface area (Å²) in [5.41, 5.74) is 2.66. The number of ether oxygens (including phenoxy) is 1. The smallest absolute Gasteiger partial charge is 0.222 e. The number of nitrogens with zero attached hydrogens (tertiary/aromatic N) is 1. The molecule has 1 aromatic rings. The van der Waals surface area contributed by atoms with E-state index in [9.17, 15) is 9.59 Å². The number of carbonyl (C=O) groups excluding carboxylic acids is 2. The molecule has 4 aliphatic rings. The predicted molar refractivity (Wildman–Crippen MR) is 134 cm³/mol. The first kappa shape index (κ1) is 23.8. The van der Waals surface area contributed by atoms with Crippen LogP contribution in [0.4, 0.5) is 5.69 Å². The largest absolute Gasteiger partial charge is 0.376 e. The summed E-state index contributed by atoms with van der Waals surface area (Å²) >= 11 is 0. The highest BCUT2D eigenvalue weighted by atomic mass is 16.5. The fourth-order valence-electron chi connectivity index (χ4n) is 8.74. The van der Waals surface area contributed by atoms with Crippen molar-refractivity contribution in [2.24, 2.45) is 34.5 Å². The molecule has 3 saturated carbocycles. The standard InChI is InChI=1S/C29H42N2O3/c1-19(32)30-22-8-5-20(6-9-22)17-34-18-21-7-11-24-23-10-12-26-29(3,16-14-27(33)31(26)4)25(23)13-15-28(21,24)2/h5-6,8-9,21,23-26H,7,10-18H2,1-4H3,(H,30,32)/t21?,23-,24-,25-,26+,28+,29+/m0/s1. The molecule has 0 radical (unpaired) electrons. The Balaban J connectivity index is 1.21. The van der Waals surface area contributed by atoms with Gasteiger partial charge < -0.3 is 15.0 Å². The van der Waals surface area contributed by atoms with E-state index in [0.717, 1.165) is 48.5 Å². The number of hydrogen-bond acceptors (Lipinski definition) is 3. The third-order valence-electron chi connectivity index (χ3n) is 10.6. The topological polar surface area (TPSA) is 58.6 Å². The molecule has 5 nitrogen and oxygen atoms in total. The molecule has 4 fully saturated rings. The number of benzene rings is 1. The maximum absolute atomic E-state index is 12.4. The summed E-state index contributed by atoms with van der Waals surface area (Å²) in [4.78, 5) is 25.7. The first-order valence-electron chi connectivity index (χ1n) is 13.4. The number of fused-ring (bicyclic) bond motifs is 5. The summed E-state index contributed by atoms with van der Waals surface area (Å²) in [6, 6.07) is 8.42. The molecule has 34 heavy (non-hydrogen) atoms. The molecule has 186 valence electrons. The van der Waals surface area contributed by atoms with E-state index >= 15 is 0 Å². The number of hydrogen-bond donors (Lipinski definition) is 1. The van der Waals surface area contributed by atoms with Gasteiger partial charge in [0.2, 0.25) is 11.8 Å². The first-order chi connectivity index (χ1) is 16.2. The number of likely N-dealkylation sites (tertiary alicyclic amines) is 1. The van der Waals surface area contributed by atoms with Gasteiger partial charge in [-0.15, -0.1) is 0 Å². The van der Waals surface area contributed by atoms with Crippen molar-refractivity contribution in [1.82, 2.24) is 4.90 Å². The monoisotopic (exact) mass is 466 g/mol. The van der Waals surface area contributed by atoms with Crippen molar-refractivity contribution in [1.29, 1.82) is 0 Å². The van der Waals surface area contributed by atoms with Gasteiger partial charge >= 0.3 is 0 Å². The lowest BCUT2D eigenvalue weighted by atomic mass is 9.47. The molecule has 1 N–H and O–H groups in total. The normalized spacial score (nSPS) is 39.2. The van der Waals surface area contributed by atoms with Gasteiger partial charge in [-0.25, -0.2) is 0 Å². The van der Waals surface area contributed by atoms with E-state index in [2.05, 4.69) is 24.1 Å². The van der Waals surface area contributed by atoms with Crippen LogP contribution in [-0.2, 0) is 20.9 Å². The minimum absolute atomic E-state index is 0.0470. The first-order valence-corrected chi connectivity index (χ1v) is 13.4. The van der Waals surface area contributed by atoms with Gasteiger partial charge in [0.25, 0.3) is 0 Å². The Labute approximate surface area is 205 Å². The second-order valence-electron chi connectivity index (χ2n) is 12.2. The maximum atomic E-state index is 12.4. The molecule has 1 saturated heterocycles. The van der Waals surface area contributed by atoms with Crippen LogP contribution < -0.4 is 5.32 Å². The molecule has 2 amide bonds. The third-order valence-corrected chi connectivity index (χ3v) is 10.6. The quantitative estimate of drug-likeness (QED) is 0.611. The maximum Gasteiger partial charge on any atom is 0.222 e. The zero-order valence-corrected chi connectivity index (χ0v) is 21.4. The lowest BCUT2D eigenvalue weighted by molar-refractivity contribution is -0.159. The Morgan fingerprint density at radius 1 is 1.03 bits per heavy atom. The van der Waals surface area contributed by atoms with Crippen molar-refractivity contribution in [2.45, 2.75) is 84.8 Å². The van der Waals surface area contributed by atoms with E-state index in [1.807, 2.05) is 31.3 Å². The molecule has 5 heteroatoms. The molecule has 1 aliphatic heterocycles. The van der Waals surface area contributed by atoms with Crippen LogP contribution in [0.3, 0.4) is 0 Å². The Morgan fingerprint density at radius 2 is 1.76 bits per heavy atom. The summed E-state index contributed by atoms with van der Waals surface area (Å²) in [6.07, 6.45) is 9.53. The highest BCUT2D eigenvalue weighted by Gasteiger charge is 2.61. The van der Waals surface area contributed by atoms with Gasteiger partial charge in [0.15, 0.2) is 0 Å². The van der Waals surface area contributed by atoms with Crippen LogP contribution in [0.5, 0.6) is 0 Å². The highest BCUT2D eigenvalue weighted by Crippen LogP contribution is 2.66. The SMILES string of the molecule is CC(=O)Nc1ccc(COCC2CC[C@H]3[C@@H]4CC[C@H]5N(C)C(=O)CC[C@]5(C)[C@H]4CC[C@]23C)cc1. The average molecular weight is 467 g/mol. The van der Waals surface area contributed by atoms with Gasteiger partial charge in [0, 0.05) is 32.1 Å². The Morgan fingerprint density at radius 3 is 2.50 bits per heavy atom. The van der Waals surface area contributed by atoms with Gasteiger partial charge in [-0.1, -0.05) is 26.0 Å². The predicted octanol–water partition coefficient (Wildman–Crippen LogP) is 5.64. The lowest BCUT2D eigenvalue weighted by Crippen LogP contribution is -2.61. The number of rotatable bonds is 5. The van der Waals surface area contributed by atoms with Crippen LogP contribution in [0.15, 0.2) is 24.3 Å². The molecular weight excluding hydrogens is 424 g/mol. The van der Waals surface area contributed by atoms with Crippen LogP contribution in [0.1, 0.15) is 77.7 Å². The van der Waals surface area contributed by atoms with Gasteiger partial charge in [0.05, 0.1) is 13.2 Å². The minimum atomic E-state index is -0.0470. The highest BCUT2D eigenvalue weighted by molar-refractivity contribution is 5.88. The van der Waals surface area contributed by atoms with Gasteiger partial charge in [0.1, 0.15) is 0 Å². The Bertz CT molecular complexity index is 930. The van der Waals surface area contributed by atoms with Crippen LogP contribution in [0.2, 0.25) is 0 Å². The molecule has 0 aromatic heterocycles. The van der Waals surface area contributed by atoms with Crippen molar-refractivity contribution in [3.05, 3.63) is 29.8 Å². The number of nitrogens with one attached hydrogen (secondary N) is 1. The van der Waals surface area contributed by atoms with E-state index in [1.165, 1.54) is 45.4 Å². The van der Waals surface area contributed by atoms with Crippen LogP contribution in [0.25, 0.3) is 0 Å². The molecule has 5 rings (SSSR count). The van der Waals surface area contributed by atoms with Crippen molar-refractivity contribution >= 4 is 17.5 Å². The van der Waals surface area contributed by atoms with E-state index < -0.39 is 0 Å². The lowest BCUT2D eigenvalue weighted by Gasteiger charge is -2.61. The van der Waals surface area contributed by atoms with Gasteiger partial charge in [-0.2, -0.15) is 0 Å². The average Bonchev–Trinajstić information content (AvgIpc) is 3.14. The minimum Gasteiger partial charge on any atom is -0.376 e. The van der Waals surface area contributed by atoms with E-state index in [-0.39, 0.29) is 5.91 Å². The van der Waals surface area contributed by atoms with E-state index in [4.69, 9.17) is 4.74 Å². The summed E-state index contributed by atoms with van der Waals surface area (Å²) in [6.45, 7) is 8.06. The van der Waals surface area contributed by atoms with Crippen molar-refractivity contribution in [3.8, 4) is 0 Å². The van der Waals surface area contributed by atoms with Gasteiger partial charge in [-0.05, 0) is 97.1 Å². The molecule has 0 spiro atoms. The fraction of sp³-hybridized carbons (Fsp3) is 0.724. The summed E-state index contributed by atoms with van der Waals surface area (Å²) in [5, 5.41) is 2.82. The van der Waals surface area contributed by atoms with E-state index in [0.29, 0.717) is 35.3 Å². The Kier molecular flexibility index (Phi) is 6.29. The molecule has 1 unspecified atom stereocenters. The van der Waals surface area contributed by atoms with Gasteiger partial charge in [-0.3, -0.25) is 9.59 Å². The van der Waals surface area contributed by atoms with Crippen molar-refractivity contribution in [2.75, 3.05) is 19.0 Å². The summed E-state index contributed by atoms with van der Waals surface area (Å²) < 4.78 is 6.27. The molecular formula is C29H42N2O3. The fourth-order valence-corrected chi connectivity index (χ4v) is 8.74. The second-order valence-corrected chi connectivity index (χ2v) is 12.2. The summed E-state index contributed by atoms with van der Waals surface area (Å²) in [7, 11) is 2.05. The van der Waals surface area contributed by atoms with Crippen LogP contribution in [-0.4, -0.2) is 36.4 Å². The summed E-state index contributed by atoms with van der Waals surface area (Å²) in [5.74, 6) is 3.32. The van der Waals surface area contributed by atoms with Crippen LogP contribution in [0, 0.1) is 34.5 Å². The molecule has 0 bridgehead atoms. The third kappa shape index (κ3) is 3.98. The number of piperidine rings is 1. The van der Waals surface area contributed by atoms with E-state index in [1.54, 1.807) is 0 Å². The zero-order valence-electron chi connectivity index (χ0n) is 21.4. The molecule has 3 aliphatic carbocycles. The van der Waals surface area contributed by atoms with Crippen molar-refractivity contribution < 1.29 is 14.3 Å². The number of carbonyl (C=O) groups is 2. The number of amides is 2. The zero-order chi connectivity index (χ0) is 24.1. The number of anilines is 1. The molecule has 1 aromatic carbocycles.